The number of aliphatic hydroxyl groups is 1. The number of cyclic esters (lactones) is 2. The van der Waals surface area contributed by atoms with Gasteiger partial charge in [-0.25, -0.2) is 9.59 Å². The molecule has 184 valence electrons. The van der Waals surface area contributed by atoms with Gasteiger partial charge in [0.25, 0.3) is 0 Å². The number of esters is 2. The Balaban J connectivity index is 1.06. The first-order chi connectivity index (χ1) is 17.0. The molecule has 1 saturated heterocycles. The van der Waals surface area contributed by atoms with Crippen LogP contribution in [0.4, 0.5) is 0 Å². The summed E-state index contributed by atoms with van der Waals surface area (Å²) in [5, 5.41) is 10.9. The number of piperazine rings is 1. The maximum atomic E-state index is 11.9. The lowest BCUT2D eigenvalue weighted by molar-refractivity contribution is -0.000287. The van der Waals surface area contributed by atoms with Gasteiger partial charge in [-0.15, -0.1) is 0 Å². The molecule has 0 spiro atoms. The molecule has 0 amide bonds. The molecule has 8 nitrogen and oxygen atoms in total. The van der Waals surface area contributed by atoms with Crippen molar-refractivity contribution in [1.29, 1.82) is 0 Å². The largest absolute Gasteiger partial charge is 0.457 e. The Kier molecular flexibility index (Phi) is 5.84. The number of carbonyl (C=O) groups is 2. The van der Waals surface area contributed by atoms with Crippen molar-refractivity contribution in [3.05, 3.63) is 68.8 Å². The molecule has 35 heavy (non-hydrogen) atoms. The predicted octanol–water partition coefficient (Wildman–Crippen LogP) is 2.30. The standard InChI is InChI=1S/C27H30N2O6/c1-16-17(2-4-20-22(16)14-34-26(20)31)24(30)12-28-7-9-29(10-8-28)13-25-19-3-5-21-23(15-35-27(21)32)18(19)6-11-33-25/h2-5,24-25,30H,6-15H2,1H3/t24-,25+/m0/s1. The maximum absolute atomic E-state index is 11.9. The smallest absolute Gasteiger partial charge is 0.338 e. The topological polar surface area (TPSA) is 88.5 Å². The van der Waals surface area contributed by atoms with Gasteiger partial charge < -0.3 is 19.3 Å². The number of nitrogens with zero attached hydrogens (tertiary/aromatic N) is 2. The highest BCUT2D eigenvalue weighted by atomic mass is 16.5. The highest BCUT2D eigenvalue weighted by molar-refractivity contribution is 5.94. The van der Waals surface area contributed by atoms with E-state index in [1.165, 1.54) is 11.1 Å². The number of rotatable bonds is 5. The minimum Gasteiger partial charge on any atom is -0.457 e. The molecule has 0 bridgehead atoms. The van der Waals surface area contributed by atoms with Crippen LogP contribution < -0.4 is 0 Å². The summed E-state index contributed by atoms with van der Waals surface area (Å²) >= 11 is 0. The molecular weight excluding hydrogens is 448 g/mol. The lowest BCUT2D eigenvalue weighted by Crippen LogP contribution is -2.49. The van der Waals surface area contributed by atoms with Gasteiger partial charge in [0.2, 0.25) is 0 Å². The second-order valence-electron chi connectivity index (χ2n) is 9.84. The van der Waals surface area contributed by atoms with E-state index in [2.05, 4.69) is 9.80 Å². The van der Waals surface area contributed by atoms with Crippen molar-refractivity contribution in [1.82, 2.24) is 9.80 Å². The number of hydrogen-bond donors (Lipinski definition) is 1. The van der Waals surface area contributed by atoms with E-state index in [-0.39, 0.29) is 24.6 Å². The fourth-order valence-corrected chi connectivity index (χ4v) is 5.88. The Morgan fingerprint density at radius 1 is 0.914 bits per heavy atom. The second kappa shape index (κ2) is 9.02. The highest BCUT2D eigenvalue weighted by Gasteiger charge is 2.32. The van der Waals surface area contributed by atoms with Gasteiger partial charge in [0, 0.05) is 50.4 Å². The van der Waals surface area contributed by atoms with Crippen LogP contribution in [-0.2, 0) is 33.8 Å². The molecule has 0 radical (unpaired) electrons. The van der Waals surface area contributed by atoms with Crippen LogP contribution in [0.5, 0.6) is 0 Å². The molecular formula is C27H30N2O6. The fraction of sp³-hybridized carbons (Fsp3) is 0.481. The van der Waals surface area contributed by atoms with E-state index in [0.717, 1.165) is 61.4 Å². The summed E-state index contributed by atoms with van der Waals surface area (Å²) in [7, 11) is 0. The third-order valence-electron chi connectivity index (χ3n) is 7.94. The molecule has 2 aromatic rings. The van der Waals surface area contributed by atoms with Crippen LogP contribution in [0.2, 0.25) is 0 Å². The Labute approximate surface area is 204 Å². The van der Waals surface area contributed by atoms with Crippen molar-refractivity contribution in [2.45, 2.75) is 38.8 Å². The van der Waals surface area contributed by atoms with Gasteiger partial charge in [-0.3, -0.25) is 9.80 Å². The van der Waals surface area contributed by atoms with Gasteiger partial charge >= 0.3 is 11.9 Å². The van der Waals surface area contributed by atoms with E-state index < -0.39 is 6.10 Å². The normalized spacial score (nSPS) is 22.9. The molecule has 4 aliphatic rings. The van der Waals surface area contributed by atoms with E-state index in [1.807, 2.05) is 25.1 Å². The van der Waals surface area contributed by atoms with Gasteiger partial charge in [-0.05, 0) is 47.7 Å². The van der Waals surface area contributed by atoms with Crippen molar-refractivity contribution in [3.63, 3.8) is 0 Å². The Bertz CT molecular complexity index is 1190. The minimum absolute atomic E-state index is 0.00381. The number of ether oxygens (including phenoxy) is 3. The summed E-state index contributed by atoms with van der Waals surface area (Å²) in [5.74, 6) is -0.503. The average molecular weight is 479 g/mol. The Morgan fingerprint density at radius 2 is 1.57 bits per heavy atom. The second-order valence-corrected chi connectivity index (χ2v) is 9.84. The Hall–Kier alpha value is -2.78. The summed E-state index contributed by atoms with van der Waals surface area (Å²) < 4.78 is 16.5. The molecule has 1 fully saturated rings. The van der Waals surface area contributed by atoms with Crippen LogP contribution in [0.3, 0.4) is 0 Å². The monoisotopic (exact) mass is 478 g/mol. The molecule has 0 aromatic heterocycles. The van der Waals surface area contributed by atoms with Gasteiger partial charge in [0.1, 0.15) is 13.2 Å². The van der Waals surface area contributed by atoms with E-state index in [0.29, 0.717) is 30.9 Å². The summed E-state index contributed by atoms with van der Waals surface area (Å²) in [5.41, 5.74) is 7.47. The van der Waals surface area contributed by atoms with Crippen LogP contribution >= 0.6 is 0 Å². The van der Waals surface area contributed by atoms with Crippen LogP contribution in [-0.4, -0.2) is 72.7 Å². The van der Waals surface area contributed by atoms with Crippen molar-refractivity contribution in [2.24, 2.45) is 0 Å². The number of β-amino-alcohol motifs (C(OH)–C–C–N with tert-alkyl or cyclic N) is 1. The fourth-order valence-electron chi connectivity index (χ4n) is 5.88. The minimum atomic E-state index is -0.608. The average Bonchev–Trinajstić information content (AvgIpc) is 3.44. The zero-order valence-corrected chi connectivity index (χ0v) is 19.9. The third-order valence-corrected chi connectivity index (χ3v) is 7.94. The Morgan fingerprint density at radius 3 is 2.34 bits per heavy atom. The van der Waals surface area contributed by atoms with Crippen LogP contribution in [0.1, 0.15) is 66.3 Å². The molecule has 1 N–H and O–H groups in total. The lowest BCUT2D eigenvalue weighted by Gasteiger charge is -2.38. The molecule has 0 saturated carbocycles. The van der Waals surface area contributed by atoms with Gasteiger partial charge in [0.15, 0.2) is 0 Å². The van der Waals surface area contributed by atoms with E-state index in [4.69, 9.17) is 14.2 Å². The SMILES string of the molecule is Cc1c([C@@H](O)CN2CCN(C[C@H]3OCCc4c3ccc3c4COC3=O)CC2)ccc2c1COC2=O. The molecule has 0 unspecified atom stereocenters. The number of carbonyl (C=O) groups excluding carboxylic acids is 2. The molecule has 6 rings (SSSR count). The molecule has 8 heteroatoms. The predicted molar refractivity (Wildman–Crippen MR) is 126 cm³/mol. The van der Waals surface area contributed by atoms with Crippen LogP contribution in [0, 0.1) is 6.92 Å². The van der Waals surface area contributed by atoms with Crippen molar-refractivity contribution in [2.75, 3.05) is 45.9 Å². The third kappa shape index (κ3) is 4.04. The number of hydrogen-bond acceptors (Lipinski definition) is 8. The quantitative estimate of drug-likeness (QED) is 0.655. The van der Waals surface area contributed by atoms with Crippen LogP contribution in [0.25, 0.3) is 0 Å². The molecule has 4 heterocycles. The summed E-state index contributed by atoms with van der Waals surface area (Å²) in [6.07, 6.45) is 0.207. The summed E-state index contributed by atoms with van der Waals surface area (Å²) in [6, 6.07) is 7.55. The zero-order valence-electron chi connectivity index (χ0n) is 19.9. The van der Waals surface area contributed by atoms with Gasteiger partial charge in [-0.2, -0.15) is 0 Å². The van der Waals surface area contributed by atoms with Crippen molar-refractivity contribution in [3.8, 4) is 0 Å². The van der Waals surface area contributed by atoms with Crippen molar-refractivity contribution < 1.29 is 28.9 Å². The lowest BCUT2D eigenvalue weighted by atomic mass is 9.90. The summed E-state index contributed by atoms with van der Waals surface area (Å²) in [6.45, 7) is 8.20. The first-order valence-electron chi connectivity index (χ1n) is 12.3. The number of fused-ring (bicyclic) bond motifs is 4. The van der Waals surface area contributed by atoms with E-state index in [9.17, 15) is 14.7 Å². The van der Waals surface area contributed by atoms with Crippen LogP contribution in [0.15, 0.2) is 24.3 Å². The van der Waals surface area contributed by atoms with Gasteiger partial charge in [0.05, 0.1) is 29.9 Å². The van der Waals surface area contributed by atoms with Gasteiger partial charge in [-0.1, -0.05) is 12.1 Å². The molecule has 2 atom stereocenters. The highest BCUT2D eigenvalue weighted by Crippen LogP contribution is 2.35. The first kappa shape index (κ1) is 22.7. The number of aliphatic hydroxyl groups excluding tert-OH is 1. The zero-order chi connectivity index (χ0) is 24.1. The molecule has 4 aliphatic heterocycles. The van der Waals surface area contributed by atoms with E-state index in [1.54, 1.807) is 6.07 Å². The summed E-state index contributed by atoms with van der Waals surface area (Å²) in [4.78, 5) is 28.4. The first-order valence-corrected chi connectivity index (χ1v) is 12.3. The molecule has 2 aromatic carbocycles. The maximum Gasteiger partial charge on any atom is 0.338 e. The number of benzene rings is 2. The van der Waals surface area contributed by atoms with Crippen molar-refractivity contribution >= 4 is 11.9 Å². The molecule has 0 aliphatic carbocycles. The van der Waals surface area contributed by atoms with E-state index >= 15 is 0 Å².